The Hall–Kier alpha value is -2.74. The first-order valence-electron chi connectivity index (χ1n) is 11.1. The molecule has 2 heterocycles. The first kappa shape index (κ1) is 21.1. The molecule has 0 radical (unpaired) electrons. The van der Waals surface area contributed by atoms with Crippen molar-refractivity contribution in [1.82, 2.24) is 9.21 Å². The molecule has 32 heavy (non-hydrogen) atoms. The fraction of sp³-hybridized carbons (Fsp3) is 0.320. The minimum atomic E-state index is -3.57. The number of para-hydroxylation sites is 1. The van der Waals surface area contributed by atoms with Crippen molar-refractivity contribution < 1.29 is 13.2 Å². The Labute approximate surface area is 189 Å². The first-order valence-corrected chi connectivity index (χ1v) is 12.5. The summed E-state index contributed by atoms with van der Waals surface area (Å²) < 4.78 is 28.0. The van der Waals surface area contributed by atoms with Gasteiger partial charge in [-0.05, 0) is 47.9 Å². The van der Waals surface area contributed by atoms with E-state index in [0.717, 1.165) is 22.9 Å². The summed E-state index contributed by atoms with van der Waals surface area (Å²) in [7, 11) is -3.57. The molecular weight excluding hydrogens is 422 g/mol. The van der Waals surface area contributed by atoms with E-state index in [0.29, 0.717) is 37.6 Å². The average Bonchev–Trinajstić information content (AvgIpc) is 3.27. The molecule has 166 valence electrons. The zero-order valence-corrected chi connectivity index (χ0v) is 19.0. The fourth-order valence-corrected chi connectivity index (χ4v) is 6.22. The molecule has 0 spiro atoms. The lowest BCUT2D eigenvalue weighted by Gasteiger charge is -2.38. The number of carbonyl (C=O) groups is 1. The van der Waals surface area contributed by atoms with Crippen LogP contribution in [0.15, 0.2) is 71.6 Å². The SMILES string of the molecule is C[C@H](C(=O)N1CCc2ccccc21)N1CCN(S(=O)(=O)c2ccc3ccccc3c2)CC1. The monoisotopic (exact) mass is 449 g/mol. The third-order valence-electron chi connectivity index (χ3n) is 6.69. The van der Waals surface area contributed by atoms with Gasteiger partial charge in [0.25, 0.3) is 0 Å². The molecule has 1 fully saturated rings. The number of hydrogen-bond acceptors (Lipinski definition) is 4. The number of hydrogen-bond donors (Lipinski definition) is 0. The zero-order chi connectivity index (χ0) is 22.3. The van der Waals surface area contributed by atoms with Gasteiger partial charge in [0.15, 0.2) is 0 Å². The van der Waals surface area contributed by atoms with E-state index < -0.39 is 10.0 Å². The highest BCUT2D eigenvalue weighted by Gasteiger charge is 2.35. The summed E-state index contributed by atoms with van der Waals surface area (Å²) in [6.07, 6.45) is 0.881. The molecule has 3 aromatic carbocycles. The fourth-order valence-electron chi connectivity index (χ4n) is 4.76. The van der Waals surface area contributed by atoms with E-state index in [2.05, 4.69) is 11.0 Å². The van der Waals surface area contributed by atoms with Crippen LogP contribution in [0, 0.1) is 0 Å². The van der Waals surface area contributed by atoms with Gasteiger partial charge in [-0.25, -0.2) is 8.42 Å². The van der Waals surface area contributed by atoms with Crippen molar-refractivity contribution >= 4 is 32.4 Å². The van der Waals surface area contributed by atoms with Gasteiger partial charge in [-0.1, -0.05) is 48.5 Å². The number of fused-ring (bicyclic) bond motifs is 2. The summed E-state index contributed by atoms with van der Waals surface area (Å²) >= 11 is 0. The molecule has 0 saturated carbocycles. The highest BCUT2D eigenvalue weighted by molar-refractivity contribution is 7.89. The standard InChI is InChI=1S/C25H27N3O3S/c1-19(25(29)28-13-12-21-7-4-5-9-24(21)28)26-14-16-27(17-15-26)32(30,31)23-11-10-20-6-2-3-8-22(20)18-23/h2-11,18-19H,12-17H2,1H3/t19-/m1/s1. The van der Waals surface area contributed by atoms with Gasteiger partial charge in [0, 0.05) is 38.4 Å². The van der Waals surface area contributed by atoms with Gasteiger partial charge in [0.05, 0.1) is 10.9 Å². The minimum Gasteiger partial charge on any atom is -0.310 e. The summed E-state index contributed by atoms with van der Waals surface area (Å²) in [6, 6.07) is 20.8. The van der Waals surface area contributed by atoms with E-state index in [-0.39, 0.29) is 11.9 Å². The van der Waals surface area contributed by atoms with Gasteiger partial charge in [-0.3, -0.25) is 9.69 Å². The van der Waals surface area contributed by atoms with Crippen molar-refractivity contribution in [2.24, 2.45) is 0 Å². The van der Waals surface area contributed by atoms with Crippen molar-refractivity contribution in [2.75, 3.05) is 37.6 Å². The van der Waals surface area contributed by atoms with E-state index >= 15 is 0 Å². The first-order chi connectivity index (χ1) is 15.4. The largest absolute Gasteiger partial charge is 0.310 e. The number of rotatable bonds is 4. The van der Waals surface area contributed by atoms with Gasteiger partial charge in [-0.15, -0.1) is 0 Å². The second-order valence-corrected chi connectivity index (χ2v) is 10.4. The molecule has 3 aromatic rings. The second-order valence-electron chi connectivity index (χ2n) is 8.49. The van der Waals surface area contributed by atoms with Crippen molar-refractivity contribution in [2.45, 2.75) is 24.3 Å². The van der Waals surface area contributed by atoms with E-state index in [4.69, 9.17) is 0 Å². The summed E-state index contributed by atoms with van der Waals surface area (Å²) in [4.78, 5) is 17.5. The van der Waals surface area contributed by atoms with Crippen LogP contribution in [0.2, 0.25) is 0 Å². The summed E-state index contributed by atoms with van der Waals surface area (Å²) in [5.41, 5.74) is 2.21. The molecule has 7 heteroatoms. The zero-order valence-electron chi connectivity index (χ0n) is 18.1. The van der Waals surface area contributed by atoms with Gasteiger partial charge in [0.2, 0.25) is 15.9 Å². The lowest BCUT2D eigenvalue weighted by atomic mass is 10.1. The van der Waals surface area contributed by atoms with E-state index in [1.54, 1.807) is 12.1 Å². The van der Waals surface area contributed by atoms with Crippen LogP contribution in [0.4, 0.5) is 5.69 Å². The van der Waals surface area contributed by atoms with Crippen molar-refractivity contribution in [3.8, 4) is 0 Å². The normalized spacial score (nSPS) is 18.6. The van der Waals surface area contributed by atoms with Crippen LogP contribution >= 0.6 is 0 Å². The minimum absolute atomic E-state index is 0.0841. The molecule has 2 aliphatic heterocycles. The molecule has 0 aliphatic carbocycles. The number of benzene rings is 3. The van der Waals surface area contributed by atoms with Crippen LogP contribution in [0.3, 0.4) is 0 Å². The Balaban J connectivity index is 1.26. The second kappa shape index (κ2) is 8.31. The molecule has 2 aliphatic rings. The predicted octanol–water partition coefficient (Wildman–Crippen LogP) is 3.12. The Kier molecular flexibility index (Phi) is 5.49. The molecule has 0 N–H and O–H groups in total. The number of sulfonamides is 1. The average molecular weight is 450 g/mol. The molecule has 5 rings (SSSR count). The maximum Gasteiger partial charge on any atom is 0.244 e. The number of amides is 1. The van der Waals surface area contributed by atoms with E-state index in [1.165, 1.54) is 9.87 Å². The van der Waals surface area contributed by atoms with E-state index in [1.807, 2.05) is 60.4 Å². The number of piperazine rings is 1. The van der Waals surface area contributed by atoms with Gasteiger partial charge in [0.1, 0.15) is 0 Å². The van der Waals surface area contributed by atoms with Crippen LogP contribution in [0.1, 0.15) is 12.5 Å². The van der Waals surface area contributed by atoms with Crippen molar-refractivity contribution in [3.63, 3.8) is 0 Å². The number of carbonyl (C=O) groups excluding carboxylic acids is 1. The molecule has 0 unspecified atom stereocenters. The predicted molar refractivity (Wildman–Crippen MR) is 126 cm³/mol. The molecule has 6 nitrogen and oxygen atoms in total. The Morgan fingerprint density at radius 2 is 1.53 bits per heavy atom. The highest BCUT2D eigenvalue weighted by Crippen LogP contribution is 2.29. The number of anilines is 1. The van der Waals surface area contributed by atoms with Gasteiger partial charge < -0.3 is 4.90 Å². The topological polar surface area (TPSA) is 60.9 Å². The van der Waals surface area contributed by atoms with Crippen LogP contribution in [0.5, 0.6) is 0 Å². The third-order valence-corrected chi connectivity index (χ3v) is 8.58. The van der Waals surface area contributed by atoms with E-state index in [9.17, 15) is 13.2 Å². The number of nitrogens with zero attached hydrogens (tertiary/aromatic N) is 3. The molecule has 1 atom stereocenters. The molecule has 1 saturated heterocycles. The third kappa shape index (κ3) is 3.70. The molecule has 1 amide bonds. The Morgan fingerprint density at radius 3 is 2.31 bits per heavy atom. The lowest BCUT2D eigenvalue weighted by Crippen LogP contribution is -2.55. The van der Waals surface area contributed by atoms with Gasteiger partial charge >= 0.3 is 0 Å². The van der Waals surface area contributed by atoms with Gasteiger partial charge in [-0.2, -0.15) is 4.31 Å². The maximum absolute atomic E-state index is 13.2. The van der Waals surface area contributed by atoms with Crippen LogP contribution < -0.4 is 4.90 Å². The molecular formula is C25H27N3O3S. The maximum atomic E-state index is 13.2. The Morgan fingerprint density at radius 1 is 0.844 bits per heavy atom. The summed E-state index contributed by atoms with van der Waals surface area (Å²) in [5.74, 6) is 0.0841. The summed E-state index contributed by atoms with van der Waals surface area (Å²) in [6.45, 7) is 4.47. The van der Waals surface area contributed by atoms with Crippen LogP contribution in [-0.2, 0) is 21.2 Å². The van der Waals surface area contributed by atoms with Crippen LogP contribution in [-0.4, -0.2) is 62.3 Å². The summed E-state index contributed by atoms with van der Waals surface area (Å²) in [5, 5.41) is 1.93. The Bertz CT molecular complexity index is 1270. The molecule has 0 aromatic heterocycles. The highest BCUT2D eigenvalue weighted by atomic mass is 32.2. The van der Waals surface area contributed by atoms with Crippen molar-refractivity contribution in [1.29, 1.82) is 0 Å². The quantitative estimate of drug-likeness (QED) is 0.614. The molecule has 0 bridgehead atoms. The smallest absolute Gasteiger partial charge is 0.244 e. The van der Waals surface area contributed by atoms with Crippen LogP contribution in [0.25, 0.3) is 10.8 Å². The lowest BCUT2D eigenvalue weighted by molar-refractivity contribution is -0.123. The van der Waals surface area contributed by atoms with Crippen molar-refractivity contribution in [3.05, 3.63) is 72.3 Å².